The Labute approximate surface area is 222 Å². The maximum absolute atomic E-state index is 11.6. The van der Waals surface area contributed by atoms with E-state index < -0.39 is 0 Å². The summed E-state index contributed by atoms with van der Waals surface area (Å²) in [5.74, 6) is 4.32. The lowest BCUT2D eigenvalue weighted by Gasteiger charge is -2.38. The van der Waals surface area contributed by atoms with Gasteiger partial charge in [0.1, 0.15) is 0 Å². The predicted octanol–water partition coefficient (Wildman–Crippen LogP) is 9.24. The van der Waals surface area contributed by atoms with E-state index >= 15 is 0 Å². The van der Waals surface area contributed by atoms with Crippen molar-refractivity contribution in [2.45, 2.75) is 141 Å². The molecule has 3 aliphatic rings. The Morgan fingerprint density at radius 3 is 2.11 bits per heavy atom. The van der Waals surface area contributed by atoms with E-state index in [-0.39, 0.29) is 5.91 Å². The molecule has 0 radical (unpaired) electrons. The van der Waals surface area contributed by atoms with E-state index in [1.54, 1.807) is 16.7 Å². The van der Waals surface area contributed by atoms with Gasteiger partial charge < -0.3 is 5.32 Å². The molecule has 2 heteroatoms. The zero-order chi connectivity index (χ0) is 25.3. The van der Waals surface area contributed by atoms with Gasteiger partial charge in [0.25, 0.3) is 0 Å². The molecule has 1 aromatic rings. The van der Waals surface area contributed by atoms with Crippen LogP contribution < -0.4 is 5.32 Å². The van der Waals surface area contributed by atoms with E-state index in [9.17, 15) is 4.79 Å². The van der Waals surface area contributed by atoms with Crippen molar-refractivity contribution in [2.24, 2.45) is 17.8 Å². The van der Waals surface area contributed by atoms with E-state index in [0.717, 1.165) is 42.4 Å². The molecule has 3 saturated carbocycles. The van der Waals surface area contributed by atoms with Crippen LogP contribution in [-0.2, 0) is 11.2 Å². The second-order valence-electron chi connectivity index (χ2n) is 12.5. The van der Waals surface area contributed by atoms with Crippen molar-refractivity contribution in [1.82, 2.24) is 5.32 Å². The van der Waals surface area contributed by atoms with Crippen molar-refractivity contribution in [2.75, 3.05) is 0 Å². The second-order valence-corrected chi connectivity index (χ2v) is 12.5. The van der Waals surface area contributed by atoms with Crippen LogP contribution in [0.2, 0.25) is 0 Å². The molecule has 1 amide bonds. The average molecular weight is 492 g/mol. The summed E-state index contributed by atoms with van der Waals surface area (Å²) in [6, 6.07) is 8.04. The molecule has 0 heterocycles. The molecule has 36 heavy (non-hydrogen) atoms. The fraction of sp³-hybridized carbons (Fsp3) is 0.735. The van der Waals surface area contributed by atoms with Crippen LogP contribution in [0.5, 0.6) is 0 Å². The first-order chi connectivity index (χ1) is 17.6. The topological polar surface area (TPSA) is 29.1 Å². The molecule has 0 aromatic heterocycles. The van der Waals surface area contributed by atoms with Crippen molar-refractivity contribution in [3.8, 4) is 0 Å². The Kier molecular flexibility index (Phi) is 10.5. The molecule has 3 fully saturated rings. The highest BCUT2D eigenvalue weighted by Gasteiger charge is 2.32. The molecule has 0 saturated heterocycles. The summed E-state index contributed by atoms with van der Waals surface area (Å²) in [6.07, 6.45) is 24.4. The smallest absolute Gasteiger partial charge is 0.243 e. The maximum atomic E-state index is 11.6. The van der Waals surface area contributed by atoms with E-state index in [1.165, 1.54) is 102 Å². The number of unbranched alkanes of at least 4 members (excludes halogenated alkanes) is 2. The van der Waals surface area contributed by atoms with Gasteiger partial charge in [0.15, 0.2) is 0 Å². The summed E-state index contributed by atoms with van der Waals surface area (Å²) < 4.78 is 0. The first kappa shape index (κ1) is 27.5. The Hall–Kier alpha value is -1.57. The quantitative estimate of drug-likeness (QED) is 0.256. The molecule has 1 N–H and O–H groups in total. The summed E-state index contributed by atoms with van der Waals surface area (Å²) in [5.41, 5.74) is 4.94. The lowest BCUT2D eigenvalue weighted by Crippen LogP contribution is -2.38. The number of carbonyl (C=O) groups is 1. The lowest BCUT2D eigenvalue weighted by atomic mass is 9.68. The van der Waals surface area contributed by atoms with E-state index in [1.807, 2.05) is 0 Å². The monoisotopic (exact) mass is 491 g/mol. The number of amides is 1. The normalized spacial score (nSPS) is 31.1. The summed E-state index contributed by atoms with van der Waals surface area (Å²) in [4.78, 5) is 11.6. The van der Waals surface area contributed by atoms with E-state index in [4.69, 9.17) is 0 Å². The zero-order valence-electron chi connectivity index (χ0n) is 23.4. The minimum Gasteiger partial charge on any atom is -0.350 e. The van der Waals surface area contributed by atoms with Crippen LogP contribution in [0, 0.1) is 17.8 Å². The van der Waals surface area contributed by atoms with Gasteiger partial charge in [-0.15, -0.1) is 0 Å². The molecule has 0 atom stereocenters. The molecule has 2 nitrogen and oxygen atoms in total. The molecule has 0 unspecified atom stereocenters. The average Bonchev–Trinajstić information content (AvgIpc) is 2.93. The Bertz CT molecular complexity index is 820. The van der Waals surface area contributed by atoms with Gasteiger partial charge in [-0.2, -0.15) is 0 Å². The second kappa shape index (κ2) is 13.8. The SMILES string of the molecule is C=CC(=O)NC1CCC(C2CCC(c3ccc(C4CCC(CCCCC)CC4)cc3CC)CC2)CC1. The third-order valence-electron chi connectivity index (χ3n) is 10.3. The molecule has 1 aromatic carbocycles. The minimum atomic E-state index is -0.00760. The van der Waals surface area contributed by atoms with Crippen molar-refractivity contribution >= 4 is 5.91 Å². The number of hydrogen-bond donors (Lipinski definition) is 1. The first-order valence-electron chi connectivity index (χ1n) is 15.7. The Morgan fingerprint density at radius 2 is 1.50 bits per heavy atom. The van der Waals surface area contributed by atoms with Gasteiger partial charge in [0.05, 0.1) is 0 Å². The van der Waals surface area contributed by atoms with Crippen LogP contribution in [0.4, 0.5) is 0 Å². The molecule has 200 valence electrons. The van der Waals surface area contributed by atoms with Crippen molar-refractivity contribution in [3.63, 3.8) is 0 Å². The van der Waals surface area contributed by atoms with E-state index in [2.05, 4.69) is 43.9 Å². The molecular formula is C34H53NO. The fourth-order valence-corrected chi connectivity index (χ4v) is 7.95. The van der Waals surface area contributed by atoms with Crippen molar-refractivity contribution < 1.29 is 4.79 Å². The van der Waals surface area contributed by atoms with Gasteiger partial charge in [-0.1, -0.05) is 64.3 Å². The number of aryl methyl sites for hydroxylation is 1. The summed E-state index contributed by atoms with van der Waals surface area (Å²) in [6.45, 7) is 8.27. The highest BCUT2D eigenvalue weighted by Crippen LogP contribution is 2.45. The lowest BCUT2D eigenvalue weighted by molar-refractivity contribution is -0.117. The summed E-state index contributed by atoms with van der Waals surface area (Å²) >= 11 is 0. The van der Waals surface area contributed by atoms with Crippen LogP contribution >= 0.6 is 0 Å². The van der Waals surface area contributed by atoms with Gasteiger partial charge in [0, 0.05) is 6.04 Å². The Morgan fingerprint density at radius 1 is 0.861 bits per heavy atom. The fourth-order valence-electron chi connectivity index (χ4n) is 7.95. The van der Waals surface area contributed by atoms with Gasteiger partial charge in [-0.3, -0.25) is 4.79 Å². The first-order valence-corrected chi connectivity index (χ1v) is 15.7. The zero-order valence-corrected chi connectivity index (χ0v) is 23.4. The predicted molar refractivity (Wildman–Crippen MR) is 153 cm³/mol. The standard InChI is InChI=1S/C34H53NO/c1-4-7-8-9-25-10-12-29(13-11-25)31-20-23-33(26(5-2)24-31)30-16-14-27(15-17-30)28-18-21-32(22-19-28)35-34(36)6-3/h6,20,23-25,27-30,32H,3-5,7-19,21-22H2,1-2H3,(H,35,36). The molecule has 0 aliphatic heterocycles. The Balaban J connectivity index is 1.26. The number of benzene rings is 1. The molecule has 3 aliphatic carbocycles. The molecule has 4 rings (SSSR count). The maximum Gasteiger partial charge on any atom is 0.243 e. The number of carbonyl (C=O) groups excluding carboxylic acids is 1. The van der Waals surface area contributed by atoms with E-state index in [0.29, 0.717) is 6.04 Å². The molecule has 0 spiro atoms. The van der Waals surface area contributed by atoms with Crippen LogP contribution in [-0.4, -0.2) is 11.9 Å². The van der Waals surface area contributed by atoms with Crippen LogP contribution in [0.15, 0.2) is 30.9 Å². The van der Waals surface area contributed by atoms with Gasteiger partial charge in [-0.05, 0) is 136 Å². The van der Waals surface area contributed by atoms with Gasteiger partial charge >= 0.3 is 0 Å². The highest BCUT2D eigenvalue weighted by atomic mass is 16.1. The van der Waals surface area contributed by atoms with Gasteiger partial charge in [-0.25, -0.2) is 0 Å². The number of rotatable bonds is 10. The van der Waals surface area contributed by atoms with Gasteiger partial charge in [0.2, 0.25) is 5.91 Å². The summed E-state index contributed by atoms with van der Waals surface area (Å²) in [5, 5.41) is 3.12. The molecular weight excluding hydrogens is 438 g/mol. The third kappa shape index (κ3) is 7.26. The molecule has 0 bridgehead atoms. The van der Waals surface area contributed by atoms with Crippen LogP contribution in [0.3, 0.4) is 0 Å². The van der Waals surface area contributed by atoms with Crippen molar-refractivity contribution in [1.29, 1.82) is 0 Å². The van der Waals surface area contributed by atoms with Crippen molar-refractivity contribution in [3.05, 3.63) is 47.5 Å². The van der Waals surface area contributed by atoms with Crippen LogP contribution in [0.1, 0.15) is 145 Å². The number of hydrogen-bond acceptors (Lipinski definition) is 1. The summed E-state index contributed by atoms with van der Waals surface area (Å²) in [7, 11) is 0. The highest BCUT2D eigenvalue weighted by molar-refractivity contribution is 5.87. The third-order valence-corrected chi connectivity index (χ3v) is 10.3. The largest absolute Gasteiger partial charge is 0.350 e. The van der Waals surface area contributed by atoms with Crippen LogP contribution in [0.25, 0.3) is 0 Å². The number of nitrogens with one attached hydrogen (secondary N) is 1. The minimum absolute atomic E-state index is 0.00760.